The van der Waals surface area contributed by atoms with Gasteiger partial charge in [0.1, 0.15) is 5.75 Å². The highest BCUT2D eigenvalue weighted by Crippen LogP contribution is 2.34. The molecule has 6 heteroatoms. The van der Waals surface area contributed by atoms with Crippen molar-refractivity contribution in [2.75, 3.05) is 34.9 Å². The molecule has 0 saturated heterocycles. The summed E-state index contributed by atoms with van der Waals surface area (Å²) in [7, 11) is 6.37. The van der Waals surface area contributed by atoms with Gasteiger partial charge in [-0.1, -0.05) is 0 Å². The van der Waals surface area contributed by atoms with Gasteiger partial charge in [-0.25, -0.2) is 4.79 Å². The molecule has 0 heterocycles. The zero-order valence-electron chi connectivity index (χ0n) is 11.7. The molecule has 0 radical (unpaired) electrons. The van der Waals surface area contributed by atoms with E-state index in [4.69, 9.17) is 19.9 Å². The molecule has 0 bridgehead atoms. The van der Waals surface area contributed by atoms with Crippen LogP contribution in [0.2, 0.25) is 0 Å². The third-order valence-electron chi connectivity index (χ3n) is 2.88. The Bertz CT molecular complexity index is 449. The maximum Gasteiger partial charge on any atom is 0.314 e. The van der Waals surface area contributed by atoms with Crippen molar-refractivity contribution in [1.82, 2.24) is 4.90 Å². The molecule has 19 heavy (non-hydrogen) atoms. The highest BCUT2D eigenvalue weighted by atomic mass is 16.5. The van der Waals surface area contributed by atoms with Crippen molar-refractivity contribution in [3.05, 3.63) is 17.7 Å². The summed E-state index contributed by atoms with van der Waals surface area (Å²) in [5.74, 6) is 1.92. The molecular weight excluding hydrogens is 248 g/mol. The van der Waals surface area contributed by atoms with E-state index in [2.05, 4.69) is 0 Å². The highest BCUT2D eigenvalue weighted by Gasteiger charge is 2.13. The lowest BCUT2D eigenvalue weighted by atomic mass is 10.1. The Hall–Kier alpha value is -2.11. The lowest BCUT2D eigenvalue weighted by Crippen LogP contribution is -2.33. The van der Waals surface area contributed by atoms with Crippen LogP contribution in [0.1, 0.15) is 5.56 Å². The number of urea groups is 1. The standard InChI is InChI=1S/C13H20N2O4/c1-15(13(14)16)6-5-9-7-11(18-3)12(19-4)8-10(9)17-2/h7-8H,5-6H2,1-4H3,(H2,14,16). The number of rotatable bonds is 6. The first kappa shape index (κ1) is 14.9. The van der Waals surface area contributed by atoms with Crippen LogP contribution in [-0.4, -0.2) is 45.9 Å². The molecule has 0 aliphatic rings. The number of nitrogens with two attached hydrogens (primary N) is 1. The number of nitrogens with zero attached hydrogens (tertiary/aromatic N) is 1. The minimum absolute atomic E-state index is 0.459. The summed E-state index contributed by atoms with van der Waals surface area (Å²) in [6.07, 6.45) is 0.614. The maximum absolute atomic E-state index is 11.0. The van der Waals surface area contributed by atoms with Crippen LogP contribution in [0, 0.1) is 0 Å². The zero-order valence-corrected chi connectivity index (χ0v) is 11.7. The lowest BCUT2D eigenvalue weighted by Gasteiger charge is -2.17. The normalized spacial score (nSPS) is 9.89. The number of likely N-dealkylation sites (N-methyl/N-ethyl adjacent to an activating group) is 1. The van der Waals surface area contributed by atoms with Crippen LogP contribution in [0.5, 0.6) is 17.2 Å². The molecule has 0 spiro atoms. The van der Waals surface area contributed by atoms with Gasteiger partial charge in [-0.15, -0.1) is 0 Å². The van der Waals surface area contributed by atoms with E-state index >= 15 is 0 Å². The number of ether oxygens (including phenoxy) is 3. The summed E-state index contributed by atoms with van der Waals surface area (Å²) in [6, 6.07) is 3.14. The van der Waals surface area contributed by atoms with E-state index < -0.39 is 6.03 Å². The Labute approximate surface area is 113 Å². The van der Waals surface area contributed by atoms with Crippen LogP contribution in [0.4, 0.5) is 4.79 Å². The molecule has 6 nitrogen and oxygen atoms in total. The van der Waals surface area contributed by atoms with Crippen LogP contribution in [0.15, 0.2) is 12.1 Å². The van der Waals surface area contributed by atoms with Crippen LogP contribution in [0.25, 0.3) is 0 Å². The second-order valence-corrected chi connectivity index (χ2v) is 4.03. The predicted molar refractivity (Wildman–Crippen MR) is 72.0 cm³/mol. The molecule has 2 amide bonds. The van der Waals surface area contributed by atoms with Gasteiger partial charge in [-0.2, -0.15) is 0 Å². The number of methoxy groups -OCH3 is 3. The first-order valence-electron chi connectivity index (χ1n) is 5.83. The Morgan fingerprint density at radius 2 is 1.63 bits per heavy atom. The minimum atomic E-state index is -0.459. The molecule has 0 fully saturated rings. The smallest absolute Gasteiger partial charge is 0.314 e. The molecular formula is C13H20N2O4. The van der Waals surface area contributed by atoms with E-state index in [1.807, 2.05) is 6.07 Å². The topological polar surface area (TPSA) is 74.0 Å². The van der Waals surface area contributed by atoms with E-state index in [1.54, 1.807) is 34.4 Å². The summed E-state index contributed by atoms with van der Waals surface area (Å²) < 4.78 is 15.8. The van der Waals surface area contributed by atoms with Gasteiger partial charge in [-0.05, 0) is 18.1 Å². The van der Waals surface area contributed by atoms with Crippen LogP contribution in [0.3, 0.4) is 0 Å². The fraction of sp³-hybridized carbons (Fsp3) is 0.462. The van der Waals surface area contributed by atoms with Gasteiger partial charge < -0.3 is 24.8 Å². The molecule has 0 saturated carbocycles. The molecule has 106 valence electrons. The molecule has 1 rings (SSSR count). The third-order valence-corrected chi connectivity index (χ3v) is 2.88. The fourth-order valence-corrected chi connectivity index (χ4v) is 1.69. The monoisotopic (exact) mass is 268 g/mol. The summed E-state index contributed by atoms with van der Waals surface area (Å²) in [6.45, 7) is 0.501. The first-order valence-corrected chi connectivity index (χ1v) is 5.83. The summed E-state index contributed by atoms with van der Waals surface area (Å²) in [4.78, 5) is 12.4. The maximum atomic E-state index is 11.0. The third kappa shape index (κ3) is 3.67. The van der Waals surface area contributed by atoms with Gasteiger partial charge in [0.25, 0.3) is 0 Å². The molecule has 0 unspecified atom stereocenters. The molecule has 0 atom stereocenters. The minimum Gasteiger partial charge on any atom is -0.496 e. The summed E-state index contributed by atoms with van der Waals surface area (Å²) in [5, 5.41) is 0. The average Bonchev–Trinajstić information content (AvgIpc) is 2.43. The van der Waals surface area contributed by atoms with Crippen molar-refractivity contribution in [2.45, 2.75) is 6.42 Å². The van der Waals surface area contributed by atoms with Crippen molar-refractivity contribution >= 4 is 6.03 Å². The van der Waals surface area contributed by atoms with Gasteiger partial charge in [-0.3, -0.25) is 0 Å². The van der Waals surface area contributed by atoms with Gasteiger partial charge in [0, 0.05) is 19.7 Å². The van der Waals surface area contributed by atoms with Crippen LogP contribution < -0.4 is 19.9 Å². The molecule has 1 aromatic rings. The molecule has 1 aromatic carbocycles. The highest BCUT2D eigenvalue weighted by molar-refractivity contribution is 5.71. The first-order chi connectivity index (χ1) is 9.03. The Balaban J connectivity index is 2.95. The fourth-order valence-electron chi connectivity index (χ4n) is 1.69. The Morgan fingerprint density at radius 1 is 1.11 bits per heavy atom. The summed E-state index contributed by atoms with van der Waals surface area (Å²) >= 11 is 0. The van der Waals surface area contributed by atoms with E-state index in [1.165, 1.54) is 4.90 Å². The van der Waals surface area contributed by atoms with Crippen molar-refractivity contribution in [3.8, 4) is 17.2 Å². The van der Waals surface area contributed by atoms with E-state index in [-0.39, 0.29) is 0 Å². The number of hydrogen-bond donors (Lipinski definition) is 1. The molecule has 0 aliphatic heterocycles. The number of primary amides is 1. The number of carbonyl (C=O) groups is 1. The van der Waals surface area contributed by atoms with Crippen LogP contribution >= 0.6 is 0 Å². The van der Waals surface area contributed by atoms with Gasteiger partial charge in [0.2, 0.25) is 0 Å². The van der Waals surface area contributed by atoms with Crippen molar-refractivity contribution in [3.63, 3.8) is 0 Å². The number of carbonyl (C=O) groups excluding carboxylic acids is 1. The van der Waals surface area contributed by atoms with Gasteiger partial charge >= 0.3 is 6.03 Å². The number of benzene rings is 1. The van der Waals surface area contributed by atoms with Crippen LogP contribution in [-0.2, 0) is 6.42 Å². The average molecular weight is 268 g/mol. The second kappa shape index (κ2) is 6.72. The van der Waals surface area contributed by atoms with Crippen molar-refractivity contribution < 1.29 is 19.0 Å². The van der Waals surface area contributed by atoms with Crippen molar-refractivity contribution in [1.29, 1.82) is 0 Å². The van der Waals surface area contributed by atoms with Gasteiger partial charge in [0.05, 0.1) is 21.3 Å². The van der Waals surface area contributed by atoms with Crippen molar-refractivity contribution in [2.24, 2.45) is 5.73 Å². The van der Waals surface area contributed by atoms with Gasteiger partial charge in [0.15, 0.2) is 11.5 Å². The second-order valence-electron chi connectivity index (χ2n) is 4.03. The van der Waals surface area contributed by atoms with E-state index in [0.29, 0.717) is 30.2 Å². The number of hydrogen-bond acceptors (Lipinski definition) is 4. The molecule has 0 aromatic heterocycles. The SMILES string of the molecule is COc1cc(OC)c(OC)cc1CCN(C)C(N)=O. The summed E-state index contributed by atoms with van der Waals surface area (Å²) in [5.41, 5.74) is 6.11. The molecule has 0 aliphatic carbocycles. The Morgan fingerprint density at radius 3 is 2.11 bits per heavy atom. The lowest BCUT2D eigenvalue weighted by molar-refractivity contribution is 0.219. The van der Waals surface area contributed by atoms with E-state index in [9.17, 15) is 4.79 Å². The largest absolute Gasteiger partial charge is 0.496 e. The Kier molecular flexibility index (Phi) is 5.29. The predicted octanol–water partition coefficient (Wildman–Crippen LogP) is 1.27. The zero-order chi connectivity index (χ0) is 14.4. The number of amides is 2. The quantitative estimate of drug-likeness (QED) is 0.843. The molecule has 2 N–H and O–H groups in total. The van der Waals surface area contributed by atoms with E-state index in [0.717, 1.165) is 5.56 Å².